The van der Waals surface area contributed by atoms with Crippen molar-refractivity contribution in [3.63, 3.8) is 0 Å². The third-order valence-electron chi connectivity index (χ3n) is 1.55. The molecule has 1 heterocycles. The second kappa shape index (κ2) is 4.52. The lowest BCUT2D eigenvalue weighted by Gasteiger charge is -2.04. The highest BCUT2D eigenvalue weighted by molar-refractivity contribution is 7.12. The van der Waals surface area contributed by atoms with Crippen molar-refractivity contribution in [2.75, 3.05) is 6.54 Å². The molecule has 1 aromatic rings. The molecular formula is C7H6F3N3OS. The lowest BCUT2D eigenvalue weighted by Crippen LogP contribution is -2.01. The third-order valence-corrected chi connectivity index (χ3v) is 2.78. The van der Waals surface area contributed by atoms with Gasteiger partial charge >= 0.3 is 6.18 Å². The Morgan fingerprint density at radius 2 is 2.20 bits per heavy atom. The molecule has 0 aliphatic carbocycles. The summed E-state index contributed by atoms with van der Waals surface area (Å²) in [7, 11) is 0. The smallest absolute Gasteiger partial charge is 0.387 e. The van der Waals surface area contributed by atoms with Crippen LogP contribution in [-0.2, 0) is 6.18 Å². The standard InChI is InChI=1S/C7H6F3N3OS/c8-7(9,10)6-2-1-5(15-6)4(14)3-12-13-11/h1-2,4,14H,3H2/t4-/m0/s1. The Labute approximate surface area is 86.6 Å². The minimum Gasteiger partial charge on any atom is -0.387 e. The molecule has 1 atom stereocenters. The highest BCUT2D eigenvalue weighted by atomic mass is 32.1. The van der Waals surface area contributed by atoms with Crippen molar-refractivity contribution in [2.45, 2.75) is 12.3 Å². The van der Waals surface area contributed by atoms with E-state index in [1.165, 1.54) is 6.07 Å². The summed E-state index contributed by atoms with van der Waals surface area (Å²) < 4.78 is 36.5. The van der Waals surface area contributed by atoms with Crippen molar-refractivity contribution in [1.82, 2.24) is 0 Å². The molecule has 0 aliphatic heterocycles. The number of alkyl halides is 3. The Kier molecular flexibility index (Phi) is 3.57. The molecule has 0 bridgehead atoms. The zero-order valence-corrected chi connectivity index (χ0v) is 8.09. The average molecular weight is 237 g/mol. The van der Waals surface area contributed by atoms with Gasteiger partial charge < -0.3 is 5.11 Å². The van der Waals surface area contributed by atoms with E-state index in [-0.39, 0.29) is 11.4 Å². The Morgan fingerprint density at radius 3 is 2.67 bits per heavy atom. The maximum Gasteiger partial charge on any atom is 0.425 e. The first-order valence-electron chi connectivity index (χ1n) is 3.81. The van der Waals surface area contributed by atoms with E-state index in [1.807, 2.05) is 0 Å². The van der Waals surface area contributed by atoms with Gasteiger partial charge in [-0.25, -0.2) is 0 Å². The molecule has 15 heavy (non-hydrogen) atoms. The molecule has 0 unspecified atom stereocenters. The van der Waals surface area contributed by atoms with Gasteiger partial charge in [0.15, 0.2) is 0 Å². The van der Waals surface area contributed by atoms with Crippen molar-refractivity contribution in [1.29, 1.82) is 0 Å². The molecule has 0 aliphatic rings. The summed E-state index contributed by atoms with van der Waals surface area (Å²) in [6.07, 6.45) is -5.58. The van der Waals surface area contributed by atoms with E-state index < -0.39 is 17.2 Å². The minimum atomic E-state index is -4.40. The largest absolute Gasteiger partial charge is 0.425 e. The Bertz CT molecular complexity index is 383. The highest BCUT2D eigenvalue weighted by Gasteiger charge is 2.32. The van der Waals surface area contributed by atoms with E-state index in [1.54, 1.807) is 0 Å². The summed E-state index contributed by atoms with van der Waals surface area (Å²) in [6.45, 7) is -0.270. The van der Waals surface area contributed by atoms with Crippen LogP contribution in [0, 0.1) is 0 Å². The van der Waals surface area contributed by atoms with E-state index in [9.17, 15) is 18.3 Å². The maximum absolute atomic E-state index is 12.2. The Hall–Kier alpha value is -1.24. The molecule has 1 rings (SSSR count). The molecule has 0 saturated carbocycles. The lowest BCUT2D eigenvalue weighted by molar-refractivity contribution is -0.134. The molecule has 0 fully saturated rings. The van der Waals surface area contributed by atoms with Gasteiger partial charge in [-0.15, -0.1) is 11.3 Å². The molecule has 1 N–H and O–H groups in total. The van der Waals surface area contributed by atoms with E-state index in [0.717, 1.165) is 6.07 Å². The monoisotopic (exact) mass is 237 g/mol. The number of rotatable bonds is 3. The first-order valence-corrected chi connectivity index (χ1v) is 4.62. The number of halogens is 3. The van der Waals surface area contributed by atoms with Gasteiger partial charge in [-0.05, 0) is 17.7 Å². The number of aliphatic hydroxyl groups excluding tert-OH is 1. The van der Waals surface area contributed by atoms with Crippen LogP contribution in [0.1, 0.15) is 15.9 Å². The summed E-state index contributed by atoms with van der Waals surface area (Å²) in [4.78, 5) is 1.76. The fourth-order valence-corrected chi connectivity index (χ4v) is 1.74. The number of nitrogens with zero attached hydrogens (tertiary/aromatic N) is 3. The number of hydrogen-bond donors (Lipinski definition) is 1. The summed E-state index contributed by atoms with van der Waals surface area (Å²) in [5, 5.41) is 12.4. The van der Waals surface area contributed by atoms with E-state index in [4.69, 9.17) is 5.53 Å². The van der Waals surface area contributed by atoms with E-state index in [0.29, 0.717) is 11.3 Å². The van der Waals surface area contributed by atoms with Crippen LogP contribution in [0.4, 0.5) is 13.2 Å². The molecule has 0 radical (unpaired) electrons. The number of aliphatic hydroxyl groups is 1. The quantitative estimate of drug-likeness (QED) is 0.489. The summed E-state index contributed by atoms with van der Waals surface area (Å²) in [5.41, 5.74) is 7.97. The molecule has 82 valence electrons. The van der Waals surface area contributed by atoms with Crippen molar-refractivity contribution in [3.05, 3.63) is 32.3 Å². The fourth-order valence-electron chi connectivity index (χ4n) is 0.888. The predicted octanol–water partition coefficient (Wildman–Crippen LogP) is 3.11. The van der Waals surface area contributed by atoms with Crippen molar-refractivity contribution in [3.8, 4) is 0 Å². The van der Waals surface area contributed by atoms with Gasteiger partial charge in [0, 0.05) is 9.79 Å². The van der Waals surface area contributed by atoms with Crippen LogP contribution < -0.4 is 0 Å². The van der Waals surface area contributed by atoms with Crippen molar-refractivity contribution >= 4 is 11.3 Å². The maximum atomic E-state index is 12.2. The summed E-state index contributed by atoms with van der Waals surface area (Å²) in [6, 6.07) is 2.06. The number of azide groups is 1. The van der Waals surface area contributed by atoms with Crippen LogP contribution in [0.3, 0.4) is 0 Å². The zero-order valence-electron chi connectivity index (χ0n) is 7.27. The van der Waals surface area contributed by atoms with Gasteiger partial charge in [-0.3, -0.25) is 0 Å². The van der Waals surface area contributed by atoms with Crippen molar-refractivity contribution in [2.24, 2.45) is 5.11 Å². The average Bonchev–Trinajstić information content (AvgIpc) is 2.62. The molecule has 0 amide bonds. The predicted molar refractivity (Wildman–Crippen MR) is 48.3 cm³/mol. The van der Waals surface area contributed by atoms with Crippen LogP contribution in [0.15, 0.2) is 17.2 Å². The molecular weight excluding hydrogens is 231 g/mol. The van der Waals surface area contributed by atoms with Crippen LogP contribution in [0.5, 0.6) is 0 Å². The van der Waals surface area contributed by atoms with Crippen LogP contribution in [-0.4, -0.2) is 11.7 Å². The molecule has 8 heteroatoms. The normalized spacial score (nSPS) is 13.3. The number of thiophene rings is 1. The van der Waals surface area contributed by atoms with E-state index in [2.05, 4.69) is 10.0 Å². The van der Waals surface area contributed by atoms with Gasteiger partial charge in [0.1, 0.15) is 4.88 Å². The minimum absolute atomic E-state index is 0.134. The first-order chi connectivity index (χ1) is 6.95. The first kappa shape index (κ1) is 11.8. The Morgan fingerprint density at radius 1 is 1.53 bits per heavy atom. The lowest BCUT2D eigenvalue weighted by atomic mass is 10.3. The van der Waals surface area contributed by atoms with Gasteiger partial charge in [0.25, 0.3) is 0 Å². The number of hydrogen-bond acceptors (Lipinski definition) is 3. The molecule has 1 aromatic heterocycles. The fraction of sp³-hybridized carbons (Fsp3) is 0.429. The zero-order chi connectivity index (χ0) is 11.5. The van der Waals surface area contributed by atoms with Gasteiger partial charge in [-0.2, -0.15) is 13.2 Å². The van der Waals surface area contributed by atoms with Crippen LogP contribution in [0.25, 0.3) is 10.4 Å². The molecule has 4 nitrogen and oxygen atoms in total. The SMILES string of the molecule is [N-]=[N+]=NC[C@H](O)c1ccc(C(F)(F)F)s1. The van der Waals surface area contributed by atoms with Gasteiger partial charge in [0.05, 0.1) is 12.6 Å². The van der Waals surface area contributed by atoms with E-state index >= 15 is 0 Å². The molecule has 0 aromatic carbocycles. The molecule has 0 spiro atoms. The van der Waals surface area contributed by atoms with Gasteiger partial charge in [0.2, 0.25) is 0 Å². The summed E-state index contributed by atoms with van der Waals surface area (Å²) >= 11 is 0.440. The topological polar surface area (TPSA) is 69.0 Å². The van der Waals surface area contributed by atoms with Crippen molar-refractivity contribution < 1.29 is 18.3 Å². The second-order valence-corrected chi connectivity index (χ2v) is 3.74. The summed E-state index contributed by atoms with van der Waals surface area (Å²) in [5.74, 6) is 0. The van der Waals surface area contributed by atoms with Crippen LogP contribution in [0.2, 0.25) is 0 Å². The third kappa shape index (κ3) is 3.12. The second-order valence-electron chi connectivity index (χ2n) is 2.63. The Balaban J connectivity index is 2.80. The molecule has 0 saturated heterocycles. The highest BCUT2D eigenvalue weighted by Crippen LogP contribution is 2.36. The van der Waals surface area contributed by atoms with Gasteiger partial charge in [-0.1, -0.05) is 5.11 Å². The van der Waals surface area contributed by atoms with Crippen LogP contribution >= 0.6 is 11.3 Å².